The van der Waals surface area contributed by atoms with Crippen LogP contribution in [-0.4, -0.2) is 71.8 Å². The molecular formula is C9H19N3O5. The maximum Gasteiger partial charge on any atom is 0.133 e. The first kappa shape index (κ1) is 16.0. The number of nitrogens with zero attached hydrogens (tertiary/aromatic N) is 3. The minimum absolute atomic E-state index is 0.173. The highest BCUT2D eigenvalue weighted by Gasteiger charge is 2.31. The van der Waals surface area contributed by atoms with E-state index in [1.165, 1.54) is 0 Å². The molecule has 0 aromatic rings. The Morgan fingerprint density at radius 1 is 1.12 bits per heavy atom. The van der Waals surface area contributed by atoms with Crippen molar-refractivity contribution in [1.29, 1.82) is 0 Å². The lowest BCUT2D eigenvalue weighted by molar-refractivity contribution is 0.0471. The monoisotopic (exact) mass is 249 g/mol. The maximum absolute atomic E-state index is 10.6. The Labute approximate surface area is 99.2 Å². The fraction of sp³-hybridized carbons (Fsp3) is 1.00. The number of likely N-dealkylation sites (N-methyl/N-ethyl adjacent to an activating group) is 1. The van der Waals surface area contributed by atoms with Gasteiger partial charge >= 0.3 is 0 Å². The molecule has 0 bridgehead atoms. The van der Waals surface area contributed by atoms with Gasteiger partial charge in [-0.3, -0.25) is 0 Å². The van der Waals surface area contributed by atoms with Crippen LogP contribution in [0.25, 0.3) is 0 Å². The lowest BCUT2D eigenvalue weighted by Gasteiger charge is -2.24. The molecular weight excluding hydrogens is 230 g/mol. The topological polar surface area (TPSA) is 123 Å². The fourth-order valence-electron chi connectivity index (χ4n) is 1.43. The zero-order chi connectivity index (χ0) is 13.4. The van der Waals surface area contributed by atoms with Gasteiger partial charge in [0.15, 0.2) is 0 Å². The van der Waals surface area contributed by atoms with Crippen molar-refractivity contribution < 1.29 is 15.3 Å². The van der Waals surface area contributed by atoms with Crippen LogP contribution in [0.5, 0.6) is 0 Å². The quantitative estimate of drug-likeness (QED) is 0.447. The average Bonchev–Trinajstić information content (AvgIpc) is 2.31. The largest absolute Gasteiger partial charge is 0.394 e. The van der Waals surface area contributed by atoms with E-state index < -0.39 is 30.9 Å². The molecule has 4 atom stereocenters. The second kappa shape index (κ2) is 8.18. The van der Waals surface area contributed by atoms with E-state index in [4.69, 9.17) is 10.2 Å². The summed E-state index contributed by atoms with van der Waals surface area (Å²) in [7, 11) is 3.38. The smallest absolute Gasteiger partial charge is 0.133 e. The van der Waals surface area contributed by atoms with Gasteiger partial charge in [-0.05, 0) is 14.1 Å². The van der Waals surface area contributed by atoms with Crippen LogP contribution in [0, 0.1) is 9.81 Å². The van der Waals surface area contributed by atoms with Gasteiger partial charge in [-0.2, -0.15) is 9.81 Å². The van der Waals surface area contributed by atoms with Crippen LogP contribution in [0.3, 0.4) is 0 Å². The Balaban J connectivity index is 4.52. The van der Waals surface area contributed by atoms with Crippen LogP contribution >= 0.6 is 0 Å². The third-order valence-corrected chi connectivity index (χ3v) is 2.34. The normalized spacial score (nSPS) is 18.5. The van der Waals surface area contributed by atoms with Crippen molar-refractivity contribution >= 4 is 0 Å². The number of nitroso groups, excluding NO2 is 2. The van der Waals surface area contributed by atoms with Gasteiger partial charge in [0.05, 0.1) is 12.7 Å². The molecule has 0 aromatic heterocycles. The first-order chi connectivity index (χ1) is 7.96. The van der Waals surface area contributed by atoms with Crippen molar-refractivity contribution in [3.8, 4) is 0 Å². The number of aliphatic hydroxyl groups excluding tert-OH is 3. The van der Waals surface area contributed by atoms with Crippen LogP contribution in [0.2, 0.25) is 0 Å². The Hall–Kier alpha value is -0.960. The van der Waals surface area contributed by atoms with Crippen LogP contribution in [0.4, 0.5) is 0 Å². The zero-order valence-electron chi connectivity index (χ0n) is 9.93. The van der Waals surface area contributed by atoms with Gasteiger partial charge in [0.2, 0.25) is 0 Å². The molecule has 0 heterocycles. The minimum Gasteiger partial charge on any atom is -0.394 e. The molecule has 0 rings (SSSR count). The summed E-state index contributed by atoms with van der Waals surface area (Å²) < 4.78 is 0. The molecule has 8 nitrogen and oxygen atoms in total. The number of hydrogen-bond donors (Lipinski definition) is 3. The summed E-state index contributed by atoms with van der Waals surface area (Å²) in [6.07, 6.45) is -2.73. The Morgan fingerprint density at radius 3 is 2.00 bits per heavy atom. The third kappa shape index (κ3) is 5.78. The van der Waals surface area contributed by atoms with Gasteiger partial charge in [0.25, 0.3) is 0 Å². The van der Waals surface area contributed by atoms with E-state index in [1.807, 2.05) is 0 Å². The van der Waals surface area contributed by atoms with E-state index in [9.17, 15) is 14.9 Å². The van der Waals surface area contributed by atoms with E-state index in [2.05, 4.69) is 10.4 Å². The highest BCUT2D eigenvalue weighted by molar-refractivity contribution is 4.88. The van der Waals surface area contributed by atoms with E-state index in [0.717, 1.165) is 0 Å². The summed E-state index contributed by atoms with van der Waals surface area (Å²) >= 11 is 0. The molecule has 3 N–H and O–H groups in total. The lowest BCUT2D eigenvalue weighted by Crippen LogP contribution is -2.42. The molecule has 100 valence electrons. The maximum atomic E-state index is 10.6. The summed E-state index contributed by atoms with van der Waals surface area (Å²) in [5, 5.41) is 33.0. The summed E-state index contributed by atoms with van der Waals surface area (Å²) in [6, 6.07) is -2.17. The second-order valence-electron chi connectivity index (χ2n) is 4.17. The minimum atomic E-state index is -1.37. The molecule has 0 aliphatic rings. The lowest BCUT2D eigenvalue weighted by atomic mass is 9.99. The molecule has 0 saturated heterocycles. The van der Waals surface area contributed by atoms with Crippen LogP contribution in [-0.2, 0) is 0 Å². The van der Waals surface area contributed by atoms with Crippen LogP contribution in [0.1, 0.15) is 6.42 Å². The molecule has 17 heavy (non-hydrogen) atoms. The average molecular weight is 249 g/mol. The predicted octanol–water partition coefficient (Wildman–Crippen LogP) is -1.08. The van der Waals surface area contributed by atoms with E-state index in [-0.39, 0.29) is 13.0 Å². The third-order valence-electron chi connectivity index (χ3n) is 2.34. The van der Waals surface area contributed by atoms with Gasteiger partial charge in [-0.15, -0.1) is 0 Å². The molecule has 0 aromatic carbocycles. The molecule has 8 heteroatoms. The molecule has 0 radical (unpaired) electrons. The van der Waals surface area contributed by atoms with Gasteiger partial charge in [-0.25, -0.2) is 0 Å². The van der Waals surface area contributed by atoms with Crippen molar-refractivity contribution in [1.82, 2.24) is 4.90 Å². The number of rotatable bonds is 9. The number of aliphatic hydroxyl groups is 3. The predicted molar refractivity (Wildman–Crippen MR) is 61.4 cm³/mol. The van der Waals surface area contributed by atoms with Gasteiger partial charge in [-0.1, -0.05) is 10.4 Å². The molecule has 0 aliphatic carbocycles. The van der Waals surface area contributed by atoms with Gasteiger partial charge in [0.1, 0.15) is 18.2 Å². The van der Waals surface area contributed by atoms with Crippen LogP contribution < -0.4 is 0 Å². The van der Waals surface area contributed by atoms with Crippen molar-refractivity contribution in [3.63, 3.8) is 0 Å². The second-order valence-corrected chi connectivity index (χ2v) is 4.17. The van der Waals surface area contributed by atoms with E-state index in [0.29, 0.717) is 0 Å². The first-order valence-corrected chi connectivity index (χ1v) is 5.22. The summed E-state index contributed by atoms with van der Waals surface area (Å²) in [6.45, 7) is -0.364. The Morgan fingerprint density at radius 2 is 1.65 bits per heavy atom. The highest BCUT2D eigenvalue weighted by Crippen LogP contribution is 2.13. The fourth-order valence-corrected chi connectivity index (χ4v) is 1.43. The van der Waals surface area contributed by atoms with Crippen molar-refractivity contribution in [2.24, 2.45) is 10.4 Å². The summed E-state index contributed by atoms with van der Waals surface area (Å²) in [4.78, 5) is 22.7. The molecule has 0 amide bonds. The molecule has 0 saturated carbocycles. The molecule has 0 spiro atoms. The van der Waals surface area contributed by atoms with Gasteiger partial charge in [0, 0.05) is 13.0 Å². The van der Waals surface area contributed by atoms with Gasteiger partial charge < -0.3 is 20.2 Å². The Kier molecular flexibility index (Phi) is 7.72. The molecule has 0 aliphatic heterocycles. The summed E-state index contributed by atoms with van der Waals surface area (Å²) in [5.41, 5.74) is 0. The van der Waals surface area contributed by atoms with E-state index in [1.54, 1.807) is 19.0 Å². The Bertz CT molecular complexity index is 239. The van der Waals surface area contributed by atoms with E-state index >= 15 is 0 Å². The SMILES string of the molecule is CN(C)CC(N=O)C(O)C(CC(O)CO)N=O. The summed E-state index contributed by atoms with van der Waals surface area (Å²) in [5.74, 6) is 0. The van der Waals surface area contributed by atoms with Crippen LogP contribution in [0.15, 0.2) is 10.4 Å². The molecule has 4 unspecified atom stereocenters. The highest BCUT2D eigenvalue weighted by atomic mass is 16.3. The standard InChI is InChI=1S/C9H19N3O5/c1-12(2)4-8(11-17)9(15)7(10-16)3-6(14)5-13/h6-9,13-15H,3-5H2,1-2H3. The molecule has 0 fully saturated rings. The van der Waals surface area contributed by atoms with Crippen molar-refractivity contribution in [2.45, 2.75) is 30.7 Å². The number of hydrogen-bond acceptors (Lipinski definition) is 8. The van der Waals surface area contributed by atoms with Crippen molar-refractivity contribution in [3.05, 3.63) is 9.81 Å². The van der Waals surface area contributed by atoms with Crippen molar-refractivity contribution in [2.75, 3.05) is 27.2 Å². The zero-order valence-corrected chi connectivity index (χ0v) is 9.93. The first-order valence-electron chi connectivity index (χ1n) is 5.22.